The summed E-state index contributed by atoms with van der Waals surface area (Å²) in [6, 6.07) is 4.76. The van der Waals surface area contributed by atoms with Crippen LogP contribution in [0.1, 0.15) is 5.56 Å². The van der Waals surface area contributed by atoms with E-state index in [1.807, 2.05) is 0 Å². The summed E-state index contributed by atoms with van der Waals surface area (Å²) >= 11 is 5.72. The van der Waals surface area contributed by atoms with Gasteiger partial charge in [0.15, 0.2) is 0 Å². The summed E-state index contributed by atoms with van der Waals surface area (Å²) in [6.45, 7) is 1.25. The fraction of sp³-hybridized carbons (Fsp3) is 0.200. The van der Waals surface area contributed by atoms with Crippen molar-refractivity contribution in [2.75, 3.05) is 6.54 Å². The third-order valence-corrected chi connectivity index (χ3v) is 1.96. The number of aliphatic carboxylic acids is 1. The average molecular weight is 244 g/mol. The van der Waals surface area contributed by atoms with E-state index in [1.165, 1.54) is 6.07 Å². The van der Waals surface area contributed by atoms with Crippen molar-refractivity contribution in [2.45, 2.75) is 6.92 Å². The molecule has 1 amide bonds. The molecule has 1 aromatic rings. The highest BCUT2D eigenvalue weighted by molar-refractivity contribution is 6.30. The molecule has 0 aromatic heterocycles. The van der Waals surface area contributed by atoms with E-state index in [2.05, 4.69) is 5.32 Å². The lowest BCUT2D eigenvalue weighted by Gasteiger charge is -2.07. The number of hydrogen-bond acceptors (Lipinski definition) is 3. The van der Waals surface area contributed by atoms with E-state index < -0.39 is 18.6 Å². The highest BCUT2D eigenvalue weighted by Crippen LogP contribution is 2.21. The Bertz CT molecular complexity index is 419. The van der Waals surface area contributed by atoms with Gasteiger partial charge in [-0.1, -0.05) is 11.6 Å². The normalized spacial score (nSPS) is 9.62. The molecular weight excluding hydrogens is 234 g/mol. The van der Waals surface area contributed by atoms with E-state index in [4.69, 9.17) is 21.4 Å². The number of carbonyl (C=O) groups excluding carboxylic acids is 1. The van der Waals surface area contributed by atoms with Crippen LogP contribution in [0.4, 0.5) is 4.79 Å². The van der Waals surface area contributed by atoms with Gasteiger partial charge >= 0.3 is 12.1 Å². The first-order valence-electron chi connectivity index (χ1n) is 4.42. The van der Waals surface area contributed by atoms with Crippen molar-refractivity contribution in [3.05, 3.63) is 28.8 Å². The first-order valence-corrected chi connectivity index (χ1v) is 4.80. The van der Waals surface area contributed by atoms with Crippen LogP contribution in [0.2, 0.25) is 5.02 Å². The number of carboxylic acid groups (broad SMARTS) is 1. The Balaban J connectivity index is 2.59. The zero-order chi connectivity index (χ0) is 12.1. The van der Waals surface area contributed by atoms with Crippen molar-refractivity contribution < 1.29 is 19.4 Å². The second-order valence-corrected chi connectivity index (χ2v) is 3.48. The van der Waals surface area contributed by atoms with E-state index in [1.54, 1.807) is 19.1 Å². The minimum atomic E-state index is -1.13. The molecule has 0 saturated heterocycles. The lowest BCUT2D eigenvalue weighted by Crippen LogP contribution is -2.31. The number of ether oxygens (including phenoxy) is 1. The number of hydrogen-bond donors (Lipinski definition) is 2. The van der Waals surface area contributed by atoms with Gasteiger partial charge in [0.1, 0.15) is 12.3 Å². The molecule has 0 aliphatic carbocycles. The molecule has 0 aliphatic rings. The topological polar surface area (TPSA) is 75.6 Å². The molecule has 0 heterocycles. The second kappa shape index (κ2) is 5.37. The lowest BCUT2D eigenvalue weighted by molar-refractivity contribution is -0.135. The van der Waals surface area contributed by atoms with Crippen molar-refractivity contribution in [1.29, 1.82) is 0 Å². The predicted molar refractivity (Wildman–Crippen MR) is 57.9 cm³/mol. The monoisotopic (exact) mass is 243 g/mol. The van der Waals surface area contributed by atoms with Crippen LogP contribution >= 0.6 is 11.6 Å². The van der Waals surface area contributed by atoms with Gasteiger partial charge in [-0.3, -0.25) is 4.79 Å². The van der Waals surface area contributed by atoms with E-state index in [9.17, 15) is 9.59 Å². The molecule has 1 rings (SSSR count). The van der Waals surface area contributed by atoms with Gasteiger partial charge < -0.3 is 15.2 Å². The van der Waals surface area contributed by atoms with Crippen LogP contribution in [0.5, 0.6) is 5.75 Å². The standard InChI is InChI=1S/C10H10ClNO4/c1-6-4-7(11)2-3-8(6)16-10(15)12-5-9(13)14/h2-4H,5H2,1H3,(H,12,15)(H,13,14). The fourth-order valence-electron chi connectivity index (χ4n) is 1.01. The number of carbonyl (C=O) groups is 2. The van der Waals surface area contributed by atoms with Gasteiger partial charge in [0.25, 0.3) is 0 Å². The molecule has 0 fully saturated rings. The van der Waals surface area contributed by atoms with Crippen LogP contribution in [0, 0.1) is 6.92 Å². The number of carboxylic acids is 1. The SMILES string of the molecule is Cc1cc(Cl)ccc1OC(=O)NCC(=O)O. The molecule has 0 aliphatic heterocycles. The number of nitrogens with one attached hydrogen (secondary N) is 1. The number of benzene rings is 1. The van der Waals surface area contributed by atoms with Crippen LogP contribution in [-0.2, 0) is 4.79 Å². The molecule has 2 N–H and O–H groups in total. The molecule has 0 spiro atoms. The van der Waals surface area contributed by atoms with E-state index in [0.717, 1.165) is 0 Å². The number of amides is 1. The van der Waals surface area contributed by atoms with Crippen LogP contribution in [0.25, 0.3) is 0 Å². The van der Waals surface area contributed by atoms with E-state index in [-0.39, 0.29) is 0 Å². The quantitative estimate of drug-likeness (QED) is 0.849. The molecule has 0 saturated carbocycles. The lowest BCUT2D eigenvalue weighted by atomic mass is 10.2. The molecular formula is C10H10ClNO4. The summed E-state index contributed by atoms with van der Waals surface area (Å²) in [5.74, 6) is -0.794. The summed E-state index contributed by atoms with van der Waals surface area (Å²) < 4.78 is 4.88. The Kier molecular flexibility index (Phi) is 4.13. The largest absolute Gasteiger partial charge is 0.480 e. The van der Waals surface area contributed by atoms with Gasteiger partial charge in [-0.25, -0.2) is 4.79 Å². The minimum Gasteiger partial charge on any atom is -0.480 e. The Hall–Kier alpha value is -1.75. The summed E-state index contributed by atoms with van der Waals surface area (Å²) in [4.78, 5) is 21.3. The van der Waals surface area contributed by atoms with Crippen LogP contribution in [0.3, 0.4) is 0 Å². The third kappa shape index (κ3) is 3.78. The molecule has 0 atom stereocenters. The fourth-order valence-corrected chi connectivity index (χ4v) is 1.24. The average Bonchev–Trinajstić information content (AvgIpc) is 2.19. The van der Waals surface area contributed by atoms with Crippen LogP contribution in [0.15, 0.2) is 18.2 Å². The van der Waals surface area contributed by atoms with Gasteiger partial charge in [-0.2, -0.15) is 0 Å². The molecule has 0 bridgehead atoms. The highest BCUT2D eigenvalue weighted by Gasteiger charge is 2.08. The van der Waals surface area contributed by atoms with Crippen LogP contribution in [-0.4, -0.2) is 23.7 Å². The van der Waals surface area contributed by atoms with Gasteiger partial charge in [-0.15, -0.1) is 0 Å². The maximum absolute atomic E-state index is 11.1. The third-order valence-electron chi connectivity index (χ3n) is 1.72. The van der Waals surface area contributed by atoms with Crippen molar-refractivity contribution in [1.82, 2.24) is 5.32 Å². The zero-order valence-corrected chi connectivity index (χ0v) is 9.25. The summed E-state index contributed by atoms with van der Waals surface area (Å²) in [5.41, 5.74) is 0.693. The van der Waals surface area contributed by atoms with Crippen molar-refractivity contribution in [3.8, 4) is 5.75 Å². The molecule has 0 radical (unpaired) electrons. The number of rotatable bonds is 3. The maximum atomic E-state index is 11.1. The Morgan fingerprint density at radius 2 is 2.19 bits per heavy atom. The Morgan fingerprint density at radius 3 is 2.75 bits per heavy atom. The molecule has 0 unspecified atom stereocenters. The molecule has 6 heteroatoms. The molecule has 5 nitrogen and oxygen atoms in total. The first-order chi connectivity index (χ1) is 7.49. The van der Waals surface area contributed by atoms with Gasteiger partial charge in [-0.05, 0) is 30.7 Å². The summed E-state index contributed by atoms with van der Waals surface area (Å²) in [5, 5.41) is 10.9. The Labute approximate surface area is 97.0 Å². The number of halogens is 1. The van der Waals surface area contributed by atoms with Gasteiger partial charge in [0.05, 0.1) is 0 Å². The molecule has 16 heavy (non-hydrogen) atoms. The first kappa shape index (κ1) is 12.3. The molecule has 86 valence electrons. The highest BCUT2D eigenvalue weighted by atomic mass is 35.5. The molecule has 1 aromatic carbocycles. The zero-order valence-electron chi connectivity index (χ0n) is 8.49. The van der Waals surface area contributed by atoms with E-state index in [0.29, 0.717) is 16.3 Å². The van der Waals surface area contributed by atoms with Crippen LogP contribution < -0.4 is 10.1 Å². The van der Waals surface area contributed by atoms with Crippen molar-refractivity contribution in [2.24, 2.45) is 0 Å². The predicted octanol–water partition coefficient (Wildman–Crippen LogP) is 1.82. The van der Waals surface area contributed by atoms with Crippen molar-refractivity contribution in [3.63, 3.8) is 0 Å². The smallest absolute Gasteiger partial charge is 0.413 e. The van der Waals surface area contributed by atoms with E-state index >= 15 is 0 Å². The summed E-state index contributed by atoms with van der Waals surface area (Å²) in [7, 11) is 0. The second-order valence-electron chi connectivity index (χ2n) is 3.05. The number of aryl methyl sites for hydroxylation is 1. The maximum Gasteiger partial charge on any atom is 0.413 e. The van der Waals surface area contributed by atoms with Gasteiger partial charge in [0.2, 0.25) is 0 Å². The van der Waals surface area contributed by atoms with Crippen molar-refractivity contribution >= 4 is 23.7 Å². The minimum absolute atomic E-state index is 0.340. The summed E-state index contributed by atoms with van der Waals surface area (Å²) in [6.07, 6.45) is -0.812. The Morgan fingerprint density at radius 1 is 1.50 bits per heavy atom. The van der Waals surface area contributed by atoms with Gasteiger partial charge in [0, 0.05) is 5.02 Å².